The van der Waals surface area contributed by atoms with Crippen LogP contribution in [0.3, 0.4) is 0 Å². The maximum Gasteiger partial charge on any atom is 0.318 e. The molecule has 1 N–H and O–H groups in total. The molecule has 0 saturated carbocycles. The molecule has 0 aliphatic carbocycles. The Labute approximate surface area is 150 Å². The molecule has 24 heavy (non-hydrogen) atoms. The van der Waals surface area contributed by atoms with Gasteiger partial charge in [0.25, 0.3) is 0 Å². The summed E-state index contributed by atoms with van der Waals surface area (Å²) in [6, 6.07) is 7.30. The van der Waals surface area contributed by atoms with Crippen molar-refractivity contribution in [3.63, 3.8) is 0 Å². The van der Waals surface area contributed by atoms with Gasteiger partial charge in [0.2, 0.25) is 0 Å². The van der Waals surface area contributed by atoms with Crippen LogP contribution < -0.4 is 10.1 Å². The van der Waals surface area contributed by atoms with Crippen molar-refractivity contribution in [3.8, 4) is 6.01 Å². The zero-order chi connectivity index (χ0) is 17.4. The molecule has 0 saturated heterocycles. The smallest absolute Gasteiger partial charge is 0.318 e. The number of allylic oxidation sites excluding steroid dienone is 3. The maximum atomic E-state index is 13.8. The molecular weight excluding hydrogens is 349 g/mol. The molecule has 0 atom stereocenters. The highest BCUT2D eigenvalue weighted by molar-refractivity contribution is 7.84. The van der Waals surface area contributed by atoms with Crippen molar-refractivity contribution in [2.45, 2.75) is 13.5 Å². The van der Waals surface area contributed by atoms with E-state index in [1.807, 2.05) is 37.3 Å². The van der Waals surface area contributed by atoms with Gasteiger partial charge in [-0.1, -0.05) is 42.0 Å². The maximum absolute atomic E-state index is 13.8. The first kappa shape index (κ1) is 18.3. The van der Waals surface area contributed by atoms with E-state index in [1.165, 1.54) is 0 Å². The Kier molecular flexibility index (Phi) is 7.08. The normalized spacial score (nSPS) is 11.8. The number of rotatable bonds is 7. The van der Waals surface area contributed by atoms with Crippen LogP contribution in [0.1, 0.15) is 12.5 Å². The SMILES string of the molecule is C/C=C\C=C(/S)CNc1nc(OCc2ccc(Cl)cc2)ncc1F. The van der Waals surface area contributed by atoms with Crippen LogP contribution in [0.5, 0.6) is 6.01 Å². The van der Waals surface area contributed by atoms with Crippen molar-refractivity contribution >= 4 is 30.0 Å². The molecule has 0 aliphatic heterocycles. The van der Waals surface area contributed by atoms with Gasteiger partial charge < -0.3 is 10.1 Å². The first-order valence-electron chi connectivity index (χ1n) is 7.23. The van der Waals surface area contributed by atoms with Crippen molar-refractivity contribution in [1.82, 2.24) is 9.97 Å². The molecule has 126 valence electrons. The number of ether oxygens (including phenoxy) is 1. The number of hydrogen-bond acceptors (Lipinski definition) is 5. The van der Waals surface area contributed by atoms with Crippen molar-refractivity contribution in [3.05, 3.63) is 70.0 Å². The summed E-state index contributed by atoms with van der Waals surface area (Å²) in [5.41, 5.74) is 0.911. The number of anilines is 1. The standard InChI is InChI=1S/C17H17ClFN3OS/c1-2-3-4-14(24)9-20-16-15(19)10-21-17(22-16)23-11-12-5-7-13(18)8-6-12/h2-8,10,24H,9,11H2,1H3,(H,20,21,22)/b3-2-,14-4-. The van der Waals surface area contributed by atoms with Gasteiger partial charge >= 0.3 is 6.01 Å². The summed E-state index contributed by atoms with van der Waals surface area (Å²) in [4.78, 5) is 8.61. The number of nitrogens with zero attached hydrogens (tertiary/aromatic N) is 2. The fraction of sp³-hybridized carbons (Fsp3) is 0.176. The molecule has 0 spiro atoms. The van der Waals surface area contributed by atoms with Crippen LogP contribution in [-0.4, -0.2) is 16.5 Å². The minimum atomic E-state index is -0.555. The predicted octanol–water partition coefficient (Wildman–Crippen LogP) is 4.65. The zero-order valence-corrected chi connectivity index (χ0v) is 14.7. The van der Waals surface area contributed by atoms with Crippen LogP contribution in [0.4, 0.5) is 10.2 Å². The third-order valence-corrected chi connectivity index (χ3v) is 3.48. The third kappa shape index (κ3) is 5.86. The summed E-state index contributed by atoms with van der Waals surface area (Å²) in [7, 11) is 0. The fourth-order valence-electron chi connectivity index (χ4n) is 1.71. The average Bonchev–Trinajstić information content (AvgIpc) is 2.59. The molecule has 0 bridgehead atoms. The number of nitrogens with one attached hydrogen (secondary N) is 1. The molecular formula is C17H17ClFN3OS. The van der Waals surface area contributed by atoms with Crippen LogP contribution in [-0.2, 0) is 6.61 Å². The molecule has 1 aromatic heterocycles. The summed E-state index contributed by atoms with van der Waals surface area (Å²) in [5, 5.41) is 3.52. The highest BCUT2D eigenvalue weighted by Gasteiger charge is 2.08. The number of thiol groups is 1. The monoisotopic (exact) mass is 365 g/mol. The lowest BCUT2D eigenvalue weighted by molar-refractivity contribution is 0.280. The minimum Gasteiger partial charge on any atom is -0.459 e. The second-order valence-electron chi connectivity index (χ2n) is 4.80. The number of hydrogen-bond donors (Lipinski definition) is 2. The molecule has 7 heteroatoms. The van der Waals surface area contributed by atoms with Gasteiger partial charge in [-0.25, -0.2) is 9.37 Å². The quantitative estimate of drug-likeness (QED) is 0.554. The Morgan fingerprint density at radius 3 is 2.83 bits per heavy atom. The Morgan fingerprint density at radius 1 is 1.38 bits per heavy atom. The molecule has 0 amide bonds. The summed E-state index contributed by atoms with van der Waals surface area (Å²) < 4.78 is 19.2. The van der Waals surface area contributed by atoms with E-state index in [9.17, 15) is 4.39 Å². The van der Waals surface area contributed by atoms with Gasteiger partial charge in [-0.15, -0.1) is 12.6 Å². The Balaban J connectivity index is 1.98. The van der Waals surface area contributed by atoms with Gasteiger partial charge in [0.15, 0.2) is 11.6 Å². The highest BCUT2D eigenvalue weighted by atomic mass is 35.5. The second kappa shape index (κ2) is 9.30. The minimum absolute atomic E-state index is 0.0662. The van der Waals surface area contributed by atoms with E-state index in [4.69, 9.17) is 16.3 Å². The van der Waals surface area contributed by atoms with Crippen LogP contribution in [0.15, 0.2) is 53.6 Å². The van der Waals surface area contributed by atoms with E-state index in [2.05, 4.69) is 27.9 Å². The second-order valence-corrected chi connectivity index (χ2v) is 5.81. The van der Waals surface area contributed by atoms with Crippen LogP contribution in [0, 0.1) is 5.82 Å². The Bertz CT molecular complexity index is 735. The molecule has 4 nitrogen and oxygen atoms in total. The van der Waals surface area contributed by atoms with Gasteiger partial charge in [-0.2, -0.15) is 4.98 Å². The zero-order valence-electron chi connectivity index (χ0n) is 13.0. The molecule has 2 aromatic rings. The molecule has 0 fully saturated rings. The van der Waals surface area contributed by atoms with E-state index in [-0.39, 0.29) is 18.4 Å². The van der Waals surface area contributed by atoms with Crippen molar-refractivity contribution in [2.24, 2.45) is 0 Å². The summed E-state index contributed by atoms with van der Waals surface area (Å²) in [5.74, 6) is -0.488. The number of aromatic nitrogens is 2. The van der Waals surface area contributed by atoms with E-state index in [0.29, 0.717) is 11.6 Å². The largest absolute Gasteiger partial charge is 0.459 e. The van der Waals surface area contributed by atoms with Gasteiger partial charge in [-0.05, 0) is 24.6 Å². The molecule has 2 rings (SSSR count). The van der Waals surface area contributed by atoms with E-state index < -0.39 is 5.82 Å². The average molecular weight is 366 g/mol. The van der Waals surface area contributed by atoms with Crippen molar-refractivity contribution in [1.29, 1.82) is 0 Å². The van der Waals surface area contributed by atoms with E-state index in [0.717, 1.165) is 16.7 Å². The predicted molar refractivity (Wildman–Crippen MR) is 98.1 cm³/mol. The summed E-state index contributed by atoms with van der Waals surface area (Å²) >= 11 is 10.1. The van der Waals surface area contributed by atoms with Crippen molar-refractivity contribution < 1.29 is 9.13 Å². The Hall–Kier alpha value is -2.05. The van der Waals surface area contributed by atoms with Gasteiger partial charge in [-0.3, -0.25) is 0 Å². The lowest BCUT2D eigenvalue weighted by Gasteiger charge is -2.09. The van der Waals surface area contributed by atoms with E-state index in [1.54, 1.807) is 12.1 Å². The lowest BCUT2D eigenvalue weighted by atomic mass is 10.2. The van der Waals surface area contributed by atoms with Crippen LogP contribution in [0.25, 0.3) is 0 Å². The van der Waals surface area contributed by atoms with Crippen LogP contribution >= 0.6 is 24.2 Å². The third-order valence-electron chi connectivity index (χ3n) is 2.92. The molecule has 0 aliphatic rings. The molecule has 0 radical (unpaired) electrons. The van der Waals surface area contributed by atoms with Gasteiger partial charge in [0.1, 0.15) is 6.61 Å². The lowest BCUT2D eigenvalue weighted by Crippen LogP contribution is -2.08. The number of benzene rings is 1. The Morgan fingerprint density at radius 2 is 2.12 bits per heavy atom. The summed E-state index contributed by atoms with van der Waals surface area (Å²) in [6.07, 6.45) is 6.61. The first-order valence-corrected chi connectivity index (χ1v) is 8.05. The van der Waals surface area contributed by atoms with Gasteiger partial charge in [0, 0.05) is 16.5 Å². The van der Waals surface area contributed by atoms with Crippen molar-refractivity contribution in [2.75, 3.05) is 11.9 Å². The molecule has 1 aromatic carbocycles. The first-order chi connectivity index (χ1) is 11.6. The van der Waals surface area contributed by atoms with Gasteiger partial charge in [0.05, 0.1) is 6.20 Å². The molecule has 0 unspecified atom stereocenters. The van der Waals surface area contributed by atoms with Crippen LogP contribution in [0.2, 0.25) is 5.02 Å². The highest BCUT2D eigenvalue weighted by Crippen LogP contribution is 2.16. The number of halogens is 2. The molecule has 1 heterocycles. The summed E-state index contributed by atoms with van der Waals surface area (Å²) in [6.45, 7) is 2.51. The van der Waals surface area contributed by atoms with E-state index >= 15 is 0 Å². The fourth-order valence-corrected chi connectivity index (χ4v) is 2.00. The topological polar surface area (TPSA) is 47.0 Å².